The van der Waals surface area contributed by atoms with Gasteiger partial charge in [0.2, 0.25) is 0 Å². The predicted octanol–water partition coefficient (Wildman–Crippen LogP) is 3.56. The second-order valence-corrected chi connectivity index (χ2v) is 4.47. The summed E-state index contributed by atoms with van der Waals surface area (Å²) in [6.07, 6.45) is 0. The number of hydrogen-bond donors (Lipinski definition) is 1. The zero-order valence-corrected chi connectivity index (χ0v) is 11.4. The number of benzene rings is 2. The zero-order valence-electron chi connectivity index (χ0n) is 11.4. The molecule has 0 atom stereocenters. The first-order valence-electron chi connectivity index (χ1n) is 6.13. The molecule has 0 aliphatic carbocycles. The van der Waals surface area contributed by atoms with Gasteiger partial charge >= 0.3 is 0 Å². The maximum Gasteiger partial charge on any atom is 0.259 e. The number of nitrogens with one attached hydrogen (secondary N) is 1. The van der Waals surface area contributed by atoms with Crippen LogP contribution in [0.2, 0.25) is 0 Å². The number of hydrogen-bond acceptors (Lipinski definition) is 2. The van der Waals surface area contributed by atoms with Gasteiger partial charge in [-0.15, -0.1) is 0 Å². The third-order valence-electron chi connectivity index (χ3n) is 2.99. The molecule has 0 spiro atoms. The third-order valence-corrected chi connectivity index (χ3v) is 2.99. The number of rotatable bonds is 3. The Labute approximate surface area is 113 Å². The molecule has 2 rings (SSSR count). The van der Waals surface area contributed by atoms with E-state index in [1.165, 1.54) is 0 Å². The summed E-state index contributed by atoms with van der Waals surface area (Å²) in [5.41, 5.74) is 3.40. The molecule has 0 heterocycles. The van der Waals surface area contributed by atoms with Crippen LogP contribution in [0.3, 0.4) is 0 Å². The monoisotopic (exact) mass is 255 g/mol. The SMILES string of the molecule is COc1cccc(C)c1C(=O)Nc1ccc(C)cc1. The molecule has 0 aliphatic heterocycles. The Morgan fingerprint density at radius 3 is 2.37 bits per heavy atom. The lowest BCUT2D eigenvalue weighted by molar-refractivity contribution is 0.102. The van der Waals surface area contributed by atoms with Crippen LogP contribution in [0.1, 0.15) is 21.5 Å². The lowest BCUT2D eigenvalue weighted by Gasteiger charge is -2.11. The first-order chi connectivity index (χ1) is 9.11. The van der Waals surface area contributed by atoms with E-state index in [4.69, 9.17) is 4.74 Å². The maximum absolute atomic E-state index is 12.3. The summed E-state index contributed by atoms with van der Waals surface area (Å²) < 4.78 is 5.24. The highest BCUT2D eigenvalue weighted by atomic mass is 16.5. The molecule has 0 radical (unpaired) electrons. The summed E-state index contributed by atoms with van der Waals surface area (Å²) in [5.74, 6) is 0.434. The van der Waals surface area contributed by atoms with Crippen molar-refractivity contribution in [3.63, 3.8) is 0 Å². The van der Waals surface area contributed by atoms with Gasteiger partial charge in [-0.05, 0) is 37.6 Å². The molecule has 1 amide bonds. The number of ether oxygens (including phenoxy) is 1. The minimum absolute atomic E-state index is 0.154. The van der Waals surface area contributed by atoms with E-state index in [0.29, 0.717) is 11.3 Å². The van der Waals surface area contributed by atoms with Gasteiger partial charge in [-0.3, -0.25) is 4.79 Å². The van der Waals surface area contributed by atoms with E-state index in [0.717, 1.165) is 16.8 Å². The fourth-order valence-electron chi connectivity index (χ4n) is 1.93. The van der Waals surface area contributed by atoms with E-state index < -0.39 is 0 Å². The predicted molar refractivity (Wildman–Crippen MR) is 76.9 cm³/mol. The van der Waals surface area contributed by atoms with Gasteiger partial charge in [0.05, 0.1) is 12.7 Å². The Morgan fingerprint density at radius 1 is 1.05 bits per heavy atom. The summed E-state index contributed by atoms with van der Waals surface area (Å²) in [4.78, 5) is 12.3. The van der Waals surface area contributed by atoms with Gasteiger partial charge in [0.25, 0.3) is 5.91 Å². The topological polar surface area (TPSA) is 38.3 Å². The van der Waals surface area contributed by atoms with E-state index in [-0.39, 0.29) is 5.91 Å². The number of amides is 1. The van der Waals surface area contributed by atoms with Crippen molar-refractivity contribution in [2.24, 2.45) is 0 Å². The Balaban J connectivity index is 2.27. The Hall–Kier alpha value is -2.29. The van der Waals surface area contributed by atoms with Crippen molar-refractivity contribution in [3.05, 3.63) is 59.2 Å². The van der Waals surface area contributed by atoms with Crippen LogP contribution in [-0.4, -0.2) is 13.0 Å². The van der Waals surface area contributed by atoms with Gasteiger partial charge in [-0.1, -0.05) is 29.8 Å². The summed E-state index contributed by atoms with van der Waals surface area (Å²) in [6.45, 7) is 3.91. The molecule has 0 saturated carbocycles. The molecule has 0 fully saturated rings. The Bertz CT molecular complexity index is 588. The highest BCUT2D eigenvalue weighted by molar-refractivity contribution is 6.07. The van der Waals surface area contributed by atoms with Crippen LogP contribution in [0, 0.1) is 13.8 Å². The fourth-order valence-corrected chi connectivity index (χ4v) is 1.93. The number of anilines is 1. The van der Waals surface area contributed by atoms with Gasteiger partial charge in [0.15, 0.2) is 0 Å². The van der Waals surface area contributed by atoms with Crippen molar-refractivity contribution in [2.45, 2.75) is 13.8 Å². The van der Waals surface area contributed by atoms with E-state index in [2.05, 4.69) is 5.32 Å². The van der Waals surface area contributed by atoms with Gasteiger partial charge in [-0.2, -0.15) is 0 Å². The Kier molecular flexibility index (Phi) is 3.85. The first-order valence-corrected chi connectivity index (χ1v) is 6.13. The molecule has 3 heteroatoms. The first kappa shape index (κ1) is 13.1. The van der Waals surface area contributed by atoms with Gasteiger partial charge in [0.1, 0.15) is 5.75 Å². The lowest BCUT2D eigenvalue weighted by atomic mass is 10.1. The number of carbonyl (C=O) groups is 1. The maximum atomic E-state index is 12.3. The number of aryl methyl sites for hydroxylation is 2. The molecule has 2 aromatic rings. The van der Waals surface area contributed by atoms with Crippen LogP contribution >= 0.6 is 0 Å². The number of carbonyl (C=O) groups excluding carboxylic acids is 1. The van der Waals surface area contributed by atoms with Crippen LogP contribution in [0.25, 0.3) is 0 Å². The molecular weight excluding hydrogens is 238 g/mol. The molecule has 0 unspecified atom stereocenters. The number of methoxy groups -OCH3 is 1. The average molecular weight is 255 g/mol. The Morgan fingerprint density at radius 2 is 1.74 bits per heavy atom. The largest absolute Gasteiger partial charge is 0.496 e. The van der Waals surface area contributed by atoms with Crippen LogP contribution in [0.15, 0.2) is 42.5 Å². The van der Waals surface area contributed by atoms with E-state index >= 15 is 0 Å². The second kappa shape index (κ2) is 5.57. The smallest absolute Gasteiger partial charge is 0.259 e. The molecule has 1 N–H and O–H groups in total. The van der Waals surface area contributed by atoms with Crippen molar-refractivity contribution in [3.8, 4) is 5.75 Å². The van der Waals surface area contributed by atoms with Gasteiger partial charge < -0.3 is 10.1 Å². The summed E-state index contributed by atoms with van der Waals surface area (Å²) >= 11 is 0. The van der Waals surface area contributed by atoms with Crippen LogP contribution in [0.4, 0.5) is 5.69 Å². The van der Waals surface area contributed by atoms with E-state index in [1.807, 2.05) is 50.2 Å². The molecule has 0 bridgehead atoms. The zero-order chi connectivity index (χ0) is 13.8. The van der Waals surface area contributed by atoms with E-state index in [1.54, 1.807) is 13.2 Å². The van der Waals surface area contributed by atoms with E-state index in [9.17, 15) is 4.79 Å². The van der Waals surface area contributed by atoms with Crippen LogP contribution in [0.5, 0.6) is 5.75 Å². The van der Waals surface area contributed by atoms with Crippen molar-refractivity contribution >= 4 is 11.6 Å². The molecule has 0 saturated heterocycles. The molecule has 3 nitrogen and oxygen atoms in total. The lowest BCUT2D eigenvalue weighted by Crippen LogP contribution is -2.14. The molecule has 2 aromatic carbocycles. The van der Waals surface area contributed by atoms with Crippen molar-refractivity contribution in [1.29, 1.82) is 0 Å². The van der Waals surface area contributed by atoms with Crippen molar-refractivity contribution in [2.75, 3.05) is 12.4 Å². The van der Waals surface area contributed by atoms with Gasteiger partial charge in [0, 0.05) is 5.69 Å². The molecule has 0 aliphatic rings. The van der Waals surface area contributed by atoms with Crippen LogP contribution in [-0.2, 0) is 0 Å². The van der Waals surface area contributed by atoms with Crippen molar-refractivity contribution < 1.29 is 9.53 Å². The molecule has 98 valence electrons. The third kappa shape index (κ3) is 2.94. The highest BCUT2D eigenvalue weighted by Crippen LogP contribution is 2.23. The molecular formula is C16H17NO2. The summed E-state index contributed by atoms with van der Waals surface area (Å²) in [7, 11) is 1.57. The minimum Gasteiger partial charge on any atom is -0.496 e. The molecule has 0 aromatic heterocycles. The minimum atomic E-state index is -0.154. The highest BCUT2D eigenvalue weighted by Gasteiger charge is 2.14. The summed E-state index contributed by atoms with van der Waals surface area (Å²) in [5, 5.41) is 2.88. The van der Waals surface area contributed by atoms with Crippen LogP contribution < -0.4 is 10.1 Å². The average Bonchev–Trinajstić information content (AvgIpc) is 2.40. The normalized spacial score (nSPS) is 10.1. The second-order valence-electron chi connectivity index (χ2n) is 4.47. The standard InChI is InChI=1S/C16H17NO2/c1-11-7-9-13(10-8-11)17-16(18)15-12(2)5-4-6-14(15)19-3/h4-10H,1-3H3,(H,17,18). The summed E-state index contributed by atoms with van der Waals surface area (Å²) in [6, 6.07) is 13.3. The fraction of sp³-hybridized carbons (Fsp3) is 0.188. The quantitative estimate of drug-likeness (QED) is 0.910. The van der Waals surface area contributed by atoms with Gasteiger partial charge in [-0.25, -0.2) is 0 Å². The van der Waals surface area contributed by atoms with Crippen molar-refractivity contribution in [1.82, 2.24) is 0 Å². The molecule has 19 heavy (non-hydrogen) atoms.